The molecular formula is C14H17NO3. The van der Waals surface area contributed by atoms with Crippen molar-refractivity contribution in [2.75, 3.05) is 0 Å². The van der Waals surface area contributed by atoms with Crippen molar-refractivity contribution in [3.63, 3.8) is 0 Å². The topological polar surface area (TPSA) is 62.5 Å². The Labute approximate surface area is 105 Å². The number of hydrogen-bond donors (Lipinski definition) is 2. The molecule has 2 aromatic rings. The second kappa shape index (κ2) is 4.46. The van der Waals surface area contributed by atoms with E-state index in [9.17, 15) is 15.0 Å². The summed E-state index contributed by atoms with van der Waals surface area (Å²) in [6.07, 6.45) is 2.44. The number of nitrogens with zero attached hydrogens (tertiary/aromatic N) is 1. The maximum Gasteiger partial charge on any atom is 0.337 e. The Balaban J connectivity index is 2.42. The van der Waals surface area contributed by atoms with Crippen LogP contribution in [0.2, 0.25) is 0 Å². The van der Waals surface area contributed by atoms with Gasteiger partial charge in [0.1, 0.15) is 0 Å². The molecule has 18 heavy (non-hydrogen) atoms. The second-order valence-corrected chi connectivity index (χ2v) is 5.12. The number of carboxylic acids is 1. The van der Waals surface area contributed by atoms with Gasteiger partial charge in [0.15, 0.2) is 0 Å². The average Bonchev–Trinajstić information content (AvgIpc) is 2.68. The third-order valence-corrected chi connectivity index (χ3v) is 2.98. The fraction of sp³-hybridized carbons (Fsp3) is 0.357. The zero-order chi connectivity index (χ0) is 13.3. The van der Waals surface area contributed by atoms with E-state index in [4.69, 9.17) is 0 Å². The largest absolute Gasteiger partial charge is 0.478 e. The number of carboxylic acid groups (broad SMARTS) is 1. The highest BCUT2D eigenvalue weighted by Crippen LogP contribution is 2.22. The summed E-state index contributed by atoms with van der Waals surface area (Å²) < 4.78 is 1.89. The zero-order valence-corrected chi connectivity index (χ0v) is 10.6. The molecule has 0 radical (unpaired) electrons. The molecule has 1 aromatic carbocycles. The molecule has 0 atom stereocenters. The molecule has 0 unspecified atom stereocenters. The lowest BCUT2D eigenvalue weighted by atomic mass is 10.1. The van der Waals surface area contributed by atoms with Gasteiger partial charge in [0.05, 0.1) is 16.7 Å². The highest BCUT2D eigenvalue weighted by Gasteiger charge is 2.15. The minimum Gasteiger partial charge on any atom is -0.478 e. The summed E-state index contributed by atoms with van der Waals surface area (Å²) in [5, 5.41) is 19.8. The molecule has 0 saturated heterocycles. The molecule has 0 aliphatic heterocycles. The molecule has 96 valence electrons. The Bertz CT molecular complexity index is 578. The summed E-state index contributed by atoms with van der Waals surface area (Å²) in [7, 11) is 0. The van der Waals surface area contributed by atoms with Crippen molar-refractivity contribution in [1.29, 1.82) is 0 Å². The van der Waals surface area contributed by atoms with Crippen LogP contribution in [0, 0.1) is 0 Å². The number of hydrogen-bond acceptors (Lipinski definition) is 2. The minimum atomic E-state index is -0.927. The van der Waals surface area contributed by atoms with E-state index < -0.39 is 11.6 Å². The SMILES string of the molecule is CC(C)(O)CCn1ccc2cccc(C(=O)O)c21. The lowest BCUT2D eigenvalue weighted by Crippen LogP contribution is -2.21. The second-order valence-electron chi connectivity index (χ2n) is 5.12. The summed E-state index contributed by atoms with van der Waals surface area (Å²) in [6, 6.07) is 7.13. The van der Waals surface area contributed by atoms with Crippen molar-refractivity contribution in [3.8, 4) is 0 Å². The number of fused-ring (bicyclic) bond motifs is 1. The van der Waals surface area contributed by atoms with Crippen molar-refractivity contribution < 1.29 is 15.0 Å². The fourth-order valence-electron chi connectivity index (χ4n) is 2.01. The van der Waals surface area contributed by atoms with Crippen LogP contribution < -0.4 is 0 Å². The van der Waals surface area contributed by atoms with Crippen LogP contribution in [0.5, 0.6) is 0 Å². The number of aliphatic hydroxyl groups is 1. The Morgan fingerprint density at radius 2 is 2.06 bits per heavy atom. The van der Waals surface area contributed by atoms with Gasteiger partial charge < -0.3 is 14.8 Å². The molecule has 1 aromatic heterocycles. The average molecular weight is 247 g/mol. The summed E-state index contributed by atoms with van der Waals surface area (Å²) in [5.74, 6) is -0.927. The van der Waals surface area contributed by atoms with Crippen LogP contribution in [-0.4, -0.2) is 26.4 Å². The van der Waals surface area contributed by atoms with Crippen LogP contribution in [0.25, 0.3) is 10.9 Å². The van der Waals surface area contributed by atoms with Gasteiger partial charge in [-0.05, 0) is 32.4 Å². The predicted octanol–water partition coefficient (Wildman–Crippen LogP) is 2.50. The fourth-order valence-corrected chi connectivity index (χ4v) is 2.01. The molecule has 0 aliphatic carbocycles. The van der Waals surface area contributed by atoms with Crippen molar-refractivity contribution in [2.45, 2.75) is 32.4 Å². The quantitative estimate of drug-likeness (QED) is 0.872. The normalized spacial score (nSPS) is 11.9. The van der Waals surface area contributed by atoms with Crippen LogP contribution in [0.3, 0.4) is 0 Å². The molecule has 2 rings (SSSR count). The molecule has 0 saturated carbocycles. The van der Waals surface area contributed by atoms with Gasteiger partial charge in [-0.25, -0.2) is 4.79 Å². The Morgan fingerprint density at radius 3 is 2.67 bits per heavy atom. The third kappa shape index (κ3) is 2.54. The summed E-state index contributed by atoms with van der Waals surface area (Å²) in [5.41, 5.74) is 0.261. The number of aromatic carboxylic acids is 1. The van der Waals surface area contributed by atoms with Crippen LogP contribution in [-0.2, 0) is 6.54 Å². The van der Waals surface area contributed by atoms with E-state index in [2.05, 4.69) is 0 Å². The number of aryl methyl sites for hydroxylation is 1. The van der Waals surface area contributed by atoms with E-state index in [-0.39, 0.29) is 0 Å². The molecule has 0 aliphatic rings. The van der Waals surface area contributed by atoms with E-state index in [1.165, 1.54) is 0 Å². The molecule has 0 fully saturated rings. The number of para-hydroxylation sites is 1. The van der Waals surface area contributed by atoms with Gasteiger partial charge in [-0.15, -0.1) is 0 Å². The van der Waals surface area contributed by atoms with Crippen molar-refractivity contribution in [1.82, 2.24) is 4.57 Å². The molecule has 0 amide bonds. The highest BCUT2D eigenvalue weighted by atomic mass is 16.4. The number of aromatic nitrogens is 1. The summed E-state index contributed by atoms with van der Waals surface area (Å²) in [6.45, 7) is 4.09. The van der Waals surface area contributed by atoms with Crippen LogP contribution in [0.4, 0.5) is 0 Å². The van der Waals surface area contributed by atoms with Crippen LogP contribution in [0.1, 0.15) is 30.6 Å². The lowest BCUT2D eigenvalue weighted by Gasteiger charge is -2.18. The van der Waals surface area contributed by atoms with E-state index in [1.54, 1.807) is 26.0 Å². The first kappa shape index (κ1) is 12.6. The van der Waals surface area contributed by atoms with Gasteiger partial charge in [0.25, 0.3) is 0 Å². The van der Waals surface area contributed by atoms with Gasteiger partial charge in [-0.3, -0.25) is 0 Å². The van der Waals surface area contributed by atoms with Gasteiger partial charge in [0, 0.05) is 18.1 Å². The standard InChI is InChI=1S/C14H17NO3/c1-14(2,18)7-9-15-8-6-10-4-3-5-11(12(10)15)13(16)17/h3-6,8,18H,7,9H2,1-2H3,(H,16,17). The maximum atomic E-state index is 11.2. The number of rotatable bonds is 4. The Hall–Kier alpha value is -1.81. The molecule has 0 spiro atoms. The monoisotopic (exact) mass is 247 g/mol. The highest BCUT2D eigenvalue weighted by molar-refractivity contribution is 6.02. The summed E-state index contributed by atoms with van der Waals surface area (Å²) in [4.78, 5) is 11.2. The summed E-state index contributed by atoms with van der Waals surface area (Å²) >= 11 is 0. The third-order valence-electron chi connectivity index (χ3n) is 2.98. The molecular weight excluding hydrogens is 230 g/mol. The smallest absolute Gasteiger partial charge is 0.337 e. The van der Waals surface area contributed by atoms with E-state index in [0.29, 0.717) is 24.0 Å². The first-order valence-electron chi connectivity index (χ1n) is 5.92. The van der Waals surface area contributed by atoms with Gasteiger partial charge in [0.2, 0.25) is 0 Å². The minimum absolute atomic E-state index is 0.299. The molecule has 1 heterocycles. The first-order chi connectivity index (χ1) is 8.38. The van der Waals surface area contributed by atoms with E-state index >= 15 is 0 Å². The van der Waals surface area contributed by atoms with E-state index in [1.807, 2.05) is 22.9 Å². The van der Waals surface area contributed by atoms with Crippen LogP contribution >= 0.6 is 0 Å². The molecule has 4 heteroatoms. The maximum absolute atomic E-state index is 11.2. The van der Waals surface area contributed by atoms with Crippen molar-refractivity contribution in [2.24, 2.45) is 0 Å². The van der Waals surface area contributed by atoms with Crippen LogP contribution in [0.15, 0.2) is 30.5 Å². The van der Waals surface area contributed by atoms with Gasteiger partial charge in [-0.2, -0.15) is 0 Å². The molecule has 4 nitrogen and oxygen atoms in total. The first-order valence-corrected chi connectivity index (χ1v) is 5.92. The molecule has 2 N–H and O–H groups in total. The van der Waals surface area contributed by atoms with Gasteiger partial charge >= 0.3 is 5.97 Å². The van der Waals surface area contributed by atoms with Crippen molar-refractivity contribution in [3.05, 3.63) is 36.0 Å². The molecule has 0 bridgehead atoms. The Morgan fingerprint density at radius 1 is 1.33 bits per heavy atom. The van der Waals surface area contributed by atoms with Gasteiger partial charge in [-0.1, -0.05) is 12.1 Å². The van der Waals surface area contributed by atoms with E-state index in [0.717, 1.165) is 5.39 Å². The lowest BCUT2D eigenvalue weighted by molar-refractivity contribution is 0.0666. The predicted molar refractivity (Wildman–Crippen MR) is 69.8 cm³/mol. The van der Waals surface area contributed by atoms with Crippen molar-refractivity contribution >= 4 is 16.9 Å². The zero-order valence-electron chi connectivity index (χ0n) is 10.6. The number of benzene rings is 1. The number of carbonyl (C=O) groups is 1. The Kier molecular flexibility index (Phi) is 3.13.